The van der Waals surface area contributed by atoms with Gasteiger partial charge in [0.15, 0.2) is 5.76 Å². The summed E-state index contributed by atoms with van der Waals surface area (Å²) < 4.78 is 19.9. The third-order valence-electron chi connectivity index (χ3n) is 3.45. The van der Waals surface area contributed by atoms with Crippen LogP contribution in [-0.4, -0.2) is 15.2 Å². The van der Waals surface area contributed by atoms with Crippen LogP contribution in [0, 0.1) is 15.9 Å². The molecule has 3 aromatic rings. The van der Waals surface area contributed by atoms with E-state index in [4.69, 9.17) is 4.52 Å². The Kier molecular flexibility index (Phi) is 4.41. The van der Waals surface area contributed by atoms with Gasteiger partial charge in [-0.2, -0.15) is 0 Å². The molecule has 0 aliphatic heterocycles. The molecule has 3 rings (SSSR count). The topological polar surface area (TPSA) is 89.4 Å². The van der Waals surface area contributed by atoms with Gasteiger partial charge in [0.25, 0.3) is 5.69 Å². The van der Waals surface area contributed by atoms with E-state index in [1.54, 1.807) is 12.1 Å². The van der Waals surface area contributed by atoms with E-state index in [1.807, 2.05) is 0 Å². The molecule has 0 fully saturated rings. The molecule has 0 amide bonds. The van der Waals surface area contributed by atoms with Crippen LogP contribution in [0.4, 0.5) is 10.1 Å². The number of rotatable bonds is 4. The second kappa shape index (κ2) is 6.50. The summed E-state index contributed by atoms with van der Waals surface area (Å²) >= 11 is 3.17. The molecule has 122 valence electrons. The van der Waals surface area contributed by atoms with Crippen LogP contribution in [0.3, 0.4) is 0 Å². The highest BCUT2D eigenvalue weighted by Crippen LogP contribution is 2.35. The first-order chi connectivity index (χ1) is 11.5. The minimum Gasteiger partial charge on any atom is -0.391 e. The molecule has 24 heavy (non-hydrogen) atoms. The Morgan fingerprint density at radius 3 is 2.75 bits per heavy atom. The molecule has 8 heteroatoms. The van der Waals surface area contributed by atoms with Gasteiger partial charge in [0.1, 0.15) is 11.5 Å². The lowest BCUT2D eigenvalue weighted by Crippen LogP contribution is -1.92. The molecule has 2 aromatic carbocycles. The third kappa shape index (κ3) is 2.93. The second-order valence-electron chi connectivity index (χ2n) is 4.93. The second-order valence-corrected chi connectivity index (χ2v) is 5.84. The zero-order valence-electron chi connectivity index (χ0n) is 12.1. The van der Waals surface area contributed by atoms with Crippen LogP contribution in [0.2, 0.25) is 0 Å². The summed E-state index contributed by atoms with van der Waals surface area (Å²) in [6.07, 6.45) is 0. The zero-order valence-corrected chi connectivity index (χ0v) is 13.7. The quantitative estimate of drug-likeness (QED) is 0.527. The molecule has 0 radical (unpaired) electrons. The highest BCUT2D eigenvalue weighted by atomic mass is 79.9. The summed E-state index contributed by atoms with van der Waals surface area (Å²) in [6.45, 7) is -0.452. The number of nitrogens with zero attached hydrogens (tertiary/aromatic N) is 2. The molecule has 6 nitrogen and oxygen atoms in total. The van der Waals surface area contributed by atoms with Crippen molar-refractivity contribution in [1.29, 1.82) is 0 Å². The fraction of sp³-hybridized carbons (Fsp3) is 0.0625. The van der Waals surface area contributed by atoms with E-state index in [0.717, 1.165) is 0 Å². The number of hydrogen-bond donors (Lipinski definition) is 1. The molecule has 0 aliphatic rings. The summed E-state index contributed by atoms with van der Waals surface area (Å²) in [7, 11) is 0. The normalized spacial score (nSPS) is 10.8. The first-order valence-electron chi connectivity index (χ1n) is 6.81. The van der Waals surface area contributed by atoms with Gasteiger partial charge in [-0.1, -0.05) is 33.2 Å². The van der Waals surface area contributed by atoms with Crippen molar-refractivity contribution in [1.82, 2.24) is 5.16 Å². The maximum Gasteiger partial charge on any atom is 0.270 e. The van der Waals surface area contributed by atoms with Crippen LogP contribution in [-0.2, 0) is 6.61 Å². The first-order valence-corrected chi connectivity index (χ1v) is 7.60. The third-order valence-corrected chi connectivity index (χ3v) is 3.95. The van der Waals surface area contributed by atoms with Crippen LogP contribution in [0.5, 0.6) is 0 Å². The summed E-state index contributed by atoms with van der Waals surface area (Å²) in [5, 5.41) is 24.4. The molecular formula is C16H10BrFN2O4. The molecule has 0 aliphatic carbocycles. The van der Waals surface area contributed by atoms with E-state index in [9.17, 15) is 19.6 Å². The molecule has 0 spiro atoms. The Bertz CT molecular complexity index is 926. The van der Waals surface area contributed by atoms with E-state index in [-0.39, 0.29) is 28.3 Å². The van der Waals surface area contributed by atoms with Crippen molar-refractivity contribution in [3.8, 4) is 22.6 Å². The number of nitro groups is 1. The maximum atomic E-state index is 14.1. The van der Waals surface area contributed by atoms with Gasteiger partial charge in [-0.25, -0.2) is 4.39 Å². The number of halogens is 2. The minimum atomic E-state index is -0.541. The van der Waals surface area contributed by atoms with Crippen molar-refractivity contribution in [3.05, 3.63) is 68.4 Å². The van der Waals surface area contributed by atoms with Gasteiger partial charge >= 0.3 is 0 Å². The summed E-state index contributed by atoms with van der Waals surface area (Å²) in [6, 6.07) is 10.2. The first kappa shape index (κ1) is 16.3. The van der Waals surface area contributed by atoms with Crippen molar-refractivity contribution in [2.75, 3.05) is 0 Å². The number of benzene rings is 2. The van der Waals surface area contributed by atoms with Crippen molar-refractivity contribution >= 4 is 21.6 Å². The predicted molar refractivity (Wildman–Crippen MR) is 87.6 cm³/mol. The molecule has 1 N–H and O–H groups in total. The smallest absolute Gasteiger partial charge is 0.270 e. The number of aliphatic hydroxyl groups is 1. The molecule has 1 aromatic heterocycles. The number of non-ortho nitro benzene ring substituents is 1. The fourth-order valence-corrected chi connectivity index (χ4v) is 2.67. The van der Waals surface area contributed by atoms with Gasteiger partial charge in [0, 0.05) is 22.2 Å². The molecule has 0 saturated heterocycles. The van der Waals surface area contributed by atoms with Crippen LogP contribution >= 0.6 is 15.9 Å². The summed E-state index contributed by atoms with van der Waals surface area (Å²) in [4.78, 5) is 10.4. The lowest BCUT2D eigenvalue weighted by molar-refractivity contribution is -0.384. The van der Waals surface area contributed by atoms with Crippen molar-refractivity contribution < 1.29 is 18.9 Å². The number of nitro benzene ring substituents is 1. The SMILES string of the molecule is O=[N+]([O-])c1cccc(-c2noc(-c3ccc(Br)cc3F)c2CO)c1. The van der Waals surface area contributed by atoms with Crippen molar-refractivity contribution in [2.45, 2.75) is 6.61 Å². The van der Waals surface area contributed by atoms with E-state index in [2.05, 4.69) is 21.1 Å². The molecule has 1 heterocycles. The Morgan fingerprint density at radius 2 is 2.08 bits per heavy atom. The molecular weight excluding hydrogens is 383 g/mol. The maximum absolute atomic E-state index is 14.1. The Balaban J connectivity index is 2.14. The lowest BCUT2D eigenvalue weighted by atomic mass is 10.0. The van der Waals surface area contributed by atoms with Crippen LogP contribution in [0.15, 0.2) is 51.5 Å². The van der Waals surface area contributed by atoms with Gasteiger partial charge in [0.2, 0.25) is 0 Å². The van der Waals surface area contributed by atoms with E-state index >= 15 is 0 Å². The van der Waals surface area contributed by atoms with Gasteiger partial charge < -0.3 is 9.63 Å². The Labute approximate surface area is 143 Å². The minimum absolute atomic E-state index is 0.0870. The van der Waals surface area contributed by atoms with Crippen LogP contribution in [0.1, 0.15) is 5.56 Å². The van der Waals surface area contributed by atoms with Gasteiger partial charge in [-0.15, -0.1) is 0 Å². The average Bonchev–Trinajstić information content (AvgIpc) is 2.98. The number of aliphatic hydroxyl groups excluding tert-OH is 1. The summed E-state index contributed by atoms with van der Waals surface area (Å²) in [5.41, 5.74) is 0.929. The number of aromatic nitrogens is 1. The van der Waals surface area contributed by atoms with Crippen molar-refractivity contribution in [2.24, 2.45) is 0 Å². The summed E-state index contributed by atoms with van der Waals surface area (Å²) in [5.74, 6) is -0.454. The van der Waals surface area contributed by atoms with Crippen LogP contribution < -0.4 is 0 Å². The highest BCUT2D eigenvalue weighted by Gasteiger charge is 2.22. The van der Waals surface area contributed by atoms with Gasteiger partial charge in [0.05, 0.1) is 22.7 Å². The molecule has 0 saturated carbocycles. The monoisotopic (exact) mass is 392 g/mol. The molecule has 0 unspecified atom stereocenters. The van der Waals surface area contributed by atoms with Crippen LogP contribution in [0.25, 0.3) is 22.6 Å². The highest BCUT2D eigenvalue weighted by molar-refractivity contribution is 9.10. The zero-order chi connectivity index (χ0) is 17.3. The van der Waals surface area contributed by atoms with Crippen molar-refractivity contribution in [3.63, 3.8) is 0 Å². The van der Waals surface area contributed by atoms with Gasteiger partial charge in [-0.3, -0.25) is 10.1 Å². The van der Waals surface area contributed by atoms with E-state index in [0.29, 0.717) is 10.0 Å². The predicted octanol–water partition coefficient (Wildman–Crippen LogP) is 4.31. The Hall–Kier alpha value is -2.58. The number of hydrogen-bond acceptors (Lipinski definition) is 5. The standard InChI is InChI=1S/C16H10BrFN2O4/c17-10-4-5-12(14(18)7-10)16-13(8-21)15(19-24-16)9-2-1-3-11(6-9)20(22)23/h1-7,21H,8H2. The van der Waals surface area contributed by atoms with E-state index < -0.39 is 17.3 Å². The lowest BCUT2D eigenvalue weighted by Gasteiger charge is -2.03. The van der Waals surface area contributed by atoms with Gasteiger partial charge in [-0.05, 0) is 18.2 Å². The van der Waals surface area contributed by atoms with E-state index in [1.165, 1.54) is 30.3 Å². The fourth-order valence-electron chi connectivity index (χ4n) is 2.33. The molecule has 0 atom stereocenters. The molecule has 0 bridgehead atoms. The Morgan fingerprint density at radius 1 is 1.29 bits per heavy atom. The largest absolute Gasteiger partial charge is 0.391 e. The average molecular weight is 393 g/mol.